The summed E-state index contributed by atoms with van der Waals surface area (Å²) in [5.74, 6) is -0.0278. The zero-order valence-corrected chi connectivity index (χ0v) is 24.0. The largest absolute Gasteiger partial charge is 0.497 e. The molecule has 2 N–H and O–H groups in total. The van der Waals surface area contributed by atoms with Gasteiger partial charge in [0.15, 0.2) is 0 Å². The SMILES string of the molecule is CCCCCN(C(=O)C(C)NC(=O)OC(C)(C)C)C(C(=O)Nc1ccc(OC)cc1)c1ccc(C)c(C)c1. The number of rotatable bonds is 11. The van der Waals surface area contributed by atoms with E-state index in [9.17, 15) is 14.4 Å². The van der Waals surface area contributed by atoms with Crippen molar-refractivity contribution in [3.8, 4) is 5.75 Å². The lowest BCUT2D eigenvalue weighted by Gasteiger charge is -2.34. The highest BCUT2D eigenvalue weighted by Crippen LogP contribution is 2.27. The van der Waals surface area contributed by atoms with E-state index in [2.05, 4.69) is 17.6 Å². The Balaban J connectivity index is 2.45. The summed E-state index contributed by atoms with van der Waals surface area (Å²) in [6.07, 6.45) is 1.90. The van der Waals surface area contributed by atoms with Crippen LogP contribution in [0.2, 0.25) is 0 Å². The number of unbranched alkanes of at least 4 members (excludes halogenated alkanes) is 2. The molecular formula is C30H43N3O5. The molecular weight excluding hydrogens is 482 g/mol. The molecule has 8 nitrogen and oxygen atoms in total. The van der Waals surface area contributed by atoms with Crippen molar-refractivity contribution in [3.63, 3.8) is 0 Å². The van der Waals surface area contributed by atoms with Gasteiger partial charge in [-0.25, -0.2) is 4.79 Å². The zero-order chi connectivity index (χ0) is 28.5. The lowest BCUT2D eigenvalue weighted by molar-refractivity contribution is -0.140. The number of hydrogen-bond donors (Lipinski definition) is 2. The van der Waals surface area contributed by atoms with Gasteiger partial charge in [0, 0.05) is 12.2 Å². The van der Waals surface area contributed by atoms with E-state index in [1.54, 1.807) is 64.0 Å². The molecule has 0 saturated carbocycles. The summed E-state index contributed by atoms with van der Waals surface area (Å²) in [7, 11) is 1.58. The van der Waals surface area contributed by atoms with Crippen molar-refractivity contribution < 1.29 is 23.9 Å². The fourth-order valence-electron chi connectivity index (χ4n) is 3.99. The van der Waals surface area contributed by atoms with Crippen LogP contribution in [0.5, 0.6) is 5.75 Å². The monoisotopic (exact) mass is 525 g/mol. The molecule has 0 spiro atoms. The van der Waals surface area contributed by atoms with Crippen LogP contribution in [0.4, 0.5) is 10.5 Å². The van der Waals surface area contributed by atoms with Gasteiger partial charge in [0.25, 0.3) is 5.91 Å². The minimum Gasteiger partial charge on any atom is -0.497 e. The van der Waals surface area contributed by atoms with E-state index >= 15 is 0 Å². The summed E-state index contributed by atoms with van der Waals surface area (Å²) >= 11 is 0. The standard InChI is InChI=1S/C30H43N3O5/c1-9-10-11-18-33(28(35)22(4)31-29(36)38-30(5,6)7)26(23-13-12-20(2)21(3)19-23)27(34)32-24-14-16-25(37-8)17-15-24/h12-17,19,22,26H,9-11,18H2,1-8H3,(H,31,36)(H,32,34). The Hall–Kier alpha value is -3.55. The number of anilines is 1. The molecule has 0 aliphatic rings. The molecule has 2 atom stereocenters. The molecule has 0 aromatic heterocycles. The molecule has 8 heteroatoms. The highest BCUT2D eigenvalue weighted by molar-refractivity contribution is 5.99. The number of carbonyl (C=O) groups excluding carboxylic acids is 3. The van der Waals surface area contributed by atoms with E-state index in [1.807, 2.05) is 32.0 Å². The maximum absolute atomic E-state index is 13.8. The van der Waals surface area contributed by atoms with Crippen LogP contribution in [0.15, 0.2) is 42.5 Å². The maximum atomic E-state index is 13.8. The van der Waals surface area contributed by atoms with E-state index in [1.165, 1.54) is 0 Å². The van der Waals surface area contributed by atoms with Gasteiger partial charge >= 0.3 is 6.09 Å². The first kappa shape index (κ1) is 30.7. The number of nitrogens with one attached hydrogen (secondary N) is 2. The molecule has 38 heavy (non-hydrogen) atoms. The average molecular weight is 526 g/mol. The highest BCUT2D eigenvalue weighted by atomic mass is 16.6. The van der Waals surface area contributed by atoms with Crippen LogP contribution >= 0.6 is 0 Å². The molecule has 2 rings (SSSR count). The maximum Gasteiger partial charge on any atom is 0.408 e. The summed E-state index contributed by atoms with van der Waals surface area (Å²) in [6.45, 7) is 13.3. The van der Waals surface area contributed by atoms with Crippen molar-refractivity contribution in [2.45, 2.75) is 85.4 Å². The van der Waals surface area contributed by atoms with E-state index < -0.39 is 23.8 Å². The van der Waals surface area contributed by atoms with Crippen LogP contribution in [0, 0.1) is 13.8 Å². The predicted octanol–water partition coefficient (Wildman–Crippen LogP) is 5.92. The molecule has 2 unspecified atom stereocenters. The van der Waals surface area contributed by atoms with E-state index in [-0.39, 0.29) is 11.8 Å². The number of hydrogen-bond acceptors (Lipinski definition) is 5. The van der Waals surface area contributed by atoms with Crippen LogP contribution in [0.25, 0.3) is 0 Å². The van der Waals surface area contributed by atoms with Gasteiger partial charge in [-0.1, -0.05) is 38.0 Å². The van der Waals surface area contributed by atoms with Crippen molar-refractivity contribution in [2.24, 2.45) is 0 Å². The number of amides is 3. The molecule has 3 amide bonds. The number of ether oxygens (including phenoxy) is 2. The lowest BCUT2D eigenvalue weighted by Crippen LogP contribution is -2.51. The molecule has 0 aliphatic carbocycles. The molecule has 208 valence electrons. The first-order chi connectivity index (χ1) is 17.9. The quantitative estimate of drug-likeness (QED) is 0.355. The topological polar surface area (TPSA) is 97.0 Å². The molecule has 2 aromatic rings. The van der Waals surface area contributed by atoms with E-state index in [0.29, 0.717) is 23.5 Å². The average Bonchev–Trinajstić information content (AvgIpc) is 2.84. The van der Waals surface area contributed by atoms with Gasteiger partial charge < -0.3 is 25.0 Å². The van der Waals surface area contributed by atoms with Crippen LogP contribution in [0.3, 0.4) is 0 Å². The van der Waals surface area contributed by atoms with Crippen LogP contribution in [-0.2, 0) is 14.3 Å². The van der Waals surface area contributed by atoms with Gasteiger partial charge in [-0.05, 0) is 88.9 Å². The Bertz CT molecular complexity index is 1090. The number of aryl methyl sites for hydroxylation is 2. The first-order valence-corrected chi connectivity index (χ1v) is 13.2. The molecule has 0 aliphatic heterocycles. The first-order valence-electron chi connectivity index (χ1n) is 13.2. The zero-order valence-electron chi connectivity index (χ0n) is 24.0. The minimum absolute atomic E-state index is 0.340. The third-order valence-corrected chi connectivity index (χ3v) is 6.15. The minimum atomic E-state index is -0.899. The van der Waals surface area contributed by atoms with Crippen LogP contribution < -0.4 is 15.4 Å². The highest BCUT2D eigenvalue weighted by Gasteiger charge is 2.34. The summed E-state index contributed by atoms with van der Waals surface area (Å²) in [5.41, 5.74) is 2.70. The van der Waals surface area contributed by atoms with Crippen molar-refractivity contribution in [1.29, 1.82) is 0 Å². The lowest BCUT2D eigenvalue weighted by atomic mass is 9.98. The second-order valence-corrected chi connectivity index (χ2v) is 10.6. The van der Waals surface area contributed by atoms with Gasteiger partial charge in [0.1, 0.15) is 23.4 Å². The van der Waals surface area contributed by atoms with Crippen molar-refractivity contribution in [1.82, 2.24) is 10.2 Å². The van der Waals surface area contributed by atoms with Gasteiger partial charge in [0.05, 0.1) is 7.11 Å². The third kappa shape index (κ3) is 9.08. The van der Waals surface area contributed by atoms with Crippen molar-refractivity contribution >= 4 is 23.6 Å². The Morgan fingerprint density at radius 1 is 0.974 bits per heavy atom. The fourth-order valence-corrected chi connectivity index (χ4v) is 3.99. The molecule has 0 bridgehead atoms. The third-order valence-electron chi connectivity index (χ3n) is 6.15. The number of methoxy groups -OCH3 is 1. The molecule has 2 aromatic carbocycles. The summed E-state index contributed by atoms with van der Waals surface area (Å²) in [4.78, 5) is 41.6. The van der Waals surface area contributed by atoms with E-state index in [0.717, 1.165) is 30.4 Å². The summed E-state index contributed by atoms with van der Waals surface area (Å²) in [5, 5.41) is 5.60. The second-order valence-electron chi connectivity index (χ2n) is 10.6. The summed E-state index contributed by atoms with van der Waals surface area (Å²) < 4.78 is 10.6. The second kappa shape index (κ2) is 13.8. The Labute approximate surface area is 227 Å². The van der Waals surface area contributed by atoms with Crippen molar-refractivity contribution in [3.05, 3.63) is 59.2 Å². The Morgan fingerprint density at radius 2 is 1.63 bits per heavy atom. The fraction of sp³-hybridized carbons (Fsp3) is 0.500. The number of alkyl carbamates (subject to hydrolysis) is 1. The van der Waals surface area contributed by atoms with Crippen LogP contribution in [-0.4, -0.2) is 48.1 Å². The molecule has 0 saturated heterocycles. The van der Waals surface area contributed by atoms with Gasteiger partial charge in [0.2, 0.25) is 5.91 Å². The van der Waals surface area contributed by atoms with Crippen LogP contribution in [0.1, 0.15) is 76.6 Å². The predicted molar refractivity (Wildman–Crippen MR) is 150 cm³/mol. The normalized spacial score (nSPS) is 12.7. The molecule has 0 radical (unpaired) electrons. The number of nitrogens with zero attached hydrogens (tertiary/aromatic N) is 1. The summed E-state index contributed by atoms with van der Waals surface area (Å²) in [6, 6.07) is 11.0. The Morgan fingerprint density at radius 3 is 2.18 bits per heavy atom. The number of carbonyl (C=O) groups is 3. The molecule has 0 fully saturated rings. The number of benzene rings is 2. The van der Waals surface area contributed by atoms with Gasteiger partial charge in [-0.2, -0.15) is 0 Å². The molecule has 0 heterocycles. The van der Waals surface area contributed by atoms with Gasteiger partial charge in [-0.3, -0.25) is 9.59 Å². The van der Waals surface area contributed by atoms with Crippen molar-refractivity contribution in [2.75, 3.05) is 19.0 Å². The smallest absolute Gasteiger partial charge is 0.408 e. The Kier molecular flexibility index (Phi) is 11.2. The van der Waals surface area contributed by atoms with E-state index in [4.69, 9.17) is 9.47 Å². The van der Waals surface area contributed by atoms with Gasteiger partial charge in [-0.15, -0.1) is 0 Å².